The van der Waals surface area contributed by atoms with E-state index in [-0.39, 0.29) is 0 Å². The number of aromatic nitrogens is 3. The maximum Gasteiger partial charge on any atom is 0.162 e. The smallest absolute Gasteiger partial charge is 0.162 e. The lowest BCUT2D eigenvalue weighted by Crippen LogP contribution is -1.97. The lowest BCUT2D eigenvalue weighted by Gasteiger charge is -2.12. The molecule has 2 aromatic heterocycles. The second kappa shape index (κ2) is 6.76. The van der Waals surface area contributed by atoms with Crippen LogP contribution in [0.2, 0.25) is 0 Å². The van der Waals surface area contributed by atoms with Crippen LogP contribution in [-0.4, -0.2) is 35.7 Å². The maximum atomic E-state index is 5.37. The number of nitrogens with one attached hydrogen (secondary N) is 2. The Labute approximate surface area is 154 Å². The molecule has 132 valence electrons. The summed E-state index contributed by atoms with van der Waals surface area (Å²) in [5.41, 5.74) is 2.64. The quantitative estimate of drug-likeness (QED) is 0.503. The van der Waals surface area contributed by atoms with E-state index in [4.69, 9.17) is 14.5 Å². The van der Waals surface area contributed by atoms with Gasteiger partial charge < -0.3 is 14.8 Å². The molecule has 2 N–H and O–H groups in total. The first-order chi connectivity index (χ1) is 12.7. The van der Waals surface area contributed by atoms with Crippen molar-refractivity contribution in [3.8, 4) is 11.5 Å². The number of nitrogens with zero attached hydrogens (tertiary/aromatic N) is 2. The van der Waals surface area contributed by atoms with Crippen LogP contribution < -0.4 is 14.8 Å². The van der Waals surface area contributed by atoms with E-state index in [0.29, 0.717) is 17.3 Å². The zero-order valence-electron chi connectivity index (χ0n) is 14.7. The largest absolute Gasteiger partial charge is 0.493 e. The van der Waals surface area contributed by atoms with Gasteiger partial charge in [0.2, 0.25) is 0 Å². The fourth-order valence-corrected chi connectivity index (χ4v) is 3.38. The van der Waals surface area contributed by atoms with E-state index in [1.165, 1.54) is 4.90 Å². The van der Waals surface area contributed by atoms with Crippen LogP contribution in [0.4, 0.5) is 11.5 Å². The van der Waals surface area contributed by atoms with Crippen molar-refractivity contribution in [1.29, 1.82) is 0 Å². The number of benzene rings is 2. The predicted molar refractivity (Wildman–Crippen MR) is 106 cm³/mol. The molecule has 0 saturated carbocycles. The molecule has 7 heteroatoms. The van der Waals surface area contributed by atoms with Crippen LogP contribution in [0.25, 0.3) is 21.8 Å². The number of anilines is 2. The molecular weight excluding hydrogens is 348 g/mol. The number of pyridine rings is 1. The van der Waals surface area contributed by atoms with E-state index in [9.17, 15) is 0 Å². The first-order valence-corrected chi connectivity index (χ1v) is 9.26. The van der Waals surface area contributed by atoms with Crippen molar-refractivity contribution in [3.63, 3.8) is 0 Å². The number of ether oxygens (including phenoxy) is 2. The van der Waals surface area contributed by atoms with E-state index in [1.54, 1.807) is 26.0 Å². The molecule has 0 radical (unpaired) electrons. The van der Waals surface area contributed by atoms with Crippen molar-refractivity contribution in [2.24, 2.45) is 0 Å². The zero-order valence-corrected chi connectivity index (χ0v) is 15.5. The molecule has 0 fully saturated rings. The van der Waals surface area contributed by atoms with Crippen LogP contribution in [0.5, 0.6) is 11.5 Å². The number of methoxy groups -OCH3 is 2. The molecule has 0 saturated heterocycles. The summed E-state index contributed by atoms with van der Waals surface area (Å²) in [6.45, 7) is 0. The highest BCUT2D eigenvalue weighted by Gasteiger charge is 2.12. The van der Waals surface area contributed by atoms with Crippen LogP contribution in [0.1, 0.15) is 0 Å². The van der Waals surface area contributed by atoms with Crippen LogP contribution >= 0.6 is 11.8 Å². The fourth-order valence-electron chi connectivity index (χ4n) is 2.94. The van der Waals surface area contributed by atoms with Gasteiger partial charge in [-0.15, -0.1) is 11.8 Å². The van der Waals surface area contributed by atoms with Gasteiger partial charge in [0.15, 0.2) is 17.3 Å². The first kappa shape index (κ1) is 16.5. The Morgan fingerprint density at radius 2 is 1.85 bits per heavy atom. The van der Waals surface area contributed by atoms with Gasteiger partial charge in [-0.1, -0.05) is 0 Å². The highest BCUT2D eigenvalue weighted by atomic mass is 32.2. The molecule has 0 bridgehead atoms. The molecule has 0 aliphatic carbocycles. The summed E-state index contributed by atoms with van der Waals surface area (Å²) in [7, 11) is 3.24. The van der Waals surface area contributed by atoms with Crippen molar-refractivity contribution in [2.45, 2.75) is 4.90 Å². The van der Waals surface area contributed by atoms with E-state index in [1.807, 2.05) is 30.5 Å². The SMILES string of the molecule is COc1ccc(Nc2nc3ccc(SC)cc3c3cn[nH]c23)cc1OC. The third-order valence-electron chi connectivity index (χ3n) is 4.25. The average molecular weight is 366 g/mol. The summed E-state index contributed by atoms with van der Waals surface area (Å²) in [6, 6.07) is 11.9. The van der Waals surface area contributed by atoms with Crippen molar-refractivity contribution in [2.75, 3.05) is 25.8 Å². The van der Waals surface area contributed by atoms with Gasteiger partial charge in [-0.2, -0.15) is 5.10 Å². The van der Waals surface area contributed by atoms with Crippen molar-refractivity contribution >= 4 is 45.1 Å². The number of hydrogen-bond donors (Lipinski definition) is 2. The number of H-pyrrole nitrogens is 1. The van der Waals surface area contributed by atoms with Crippen molar-refractivity contribution in [1.82, 2.24) is 15.2 Å². The van der Waals surface area contributed by atoms with E-state index >= 15 is 0 Å². The number of hydrogen-bond acceptors (Lipinski definition) is 6. The van der Waals surface area contributed by atoms with Gasteiger partial charge in [-0.25, -0.2) is 4.98 Å². The van der Waals surface area contributed by atoms with Crippen molar-refractivity contribution in [3.05, 3.63) is 42.6 Å². The van der Waals surface area contributed by atoms with E-state index < -0.39 is 0 Å². The molecule has 4 rings (SSSR count). The Bertz CT molecular complexity index is 1090. The van der Waals surface area contributed by atoms with Crippen LogP contribution in [-0.2, 0) is 0 Å². The molecule has 6 nitrogen and oxygen atoms in total. The third-order valence-corrected chi connectivity index (χ3v) is 4.97. The summed E-state index contributed by atoms with van der Waals surface area (Å²) < 4.78 is 10.7. The Morgan fingerprint density at radius 1 is 1.00 bits per heavy atom. The number of fused-ring (bicyclic) bond motifs is 3. The molecule has 0 unspecified atom stereocenters. The predicted octanol–water partition coefficient (Wildman–Crippen LogP) is 4.59. The molecular formula is C19H18N4O2S. The monoisotopic (exact) mass is 366 g/mol. The number of aromatic amines is 1. The maximum absolute atomic E-state index is 5.37. The zero-order chi connectivity index (χ0) is 18.1. The normalized spacial score (nSPS) is 11.0. The van der Waals surface area contributed by atoms with Crippen LogP contribution in [0, 0.1) is 0 Å². The molecule has 0 amide bonds. The Morgan fingerprint density at radius 3 is 2.62 bits per heavy atom. The van der Waals surface area contributed by atoms with Crippen LogP contribution in [0.3, 0.4) is 0 Å². The fraction of sp³-hybridized carbons (Fsp3) is 0.158. The first-order valence-electron chi connectivity index (χ1n) is 8.03. The van der Waals surface area contributed by atoms with Gasteiger partial charge in [0.1, 0.15) is 5.52 Å². The molecule has 0 aliphatic heterocycles. The van der Waals surface area contributed by atoms with Gasteiger partial charge in [-0.05, 0) is 36.6 Å². The Kier molecular flexibility index (Phi) is 4.30. The highest BCUT2D eigenvalue weighted by Crippen LogP contribution is 2.34. The molecule has 0 aliphatic rings. The molecule has 0 spiro atoms. The minimum Gasteiger partial charge on any atom is -0.493 e. The van der Waals surface area contributed by atoms with Crippen LogP contribution in [0.15, 0.2) is 47.5 Å². The minimum atomic E-state index is 0.656. The summed E-state index contributed by atoms with van der Waals surface area (Å²) >= 11 is 1.71. The molecule has 26 heavy (non-hydrogen) atoms. The Hall–Kier alpha value is -2.93. The summed E-state index contributed by atoms with van der Waals surface area (Å²) in [6.07, 6.45) is 3.90. The highest BCUT2D eigenvalue weighted by molar-refractivity contribution is 7.98. The van der Waals surface area contributed by atoms with Gasteiger partial charge in [-0.3, -0.25) is 5.10 Å². The second-order valence-electron chi connectivity index (χ2n) is 5.70. The lowest BCUT2D eigenvalue weighted by molar-refractivity contribution is 0.355. The van der Waals surface area contributed by atoms with Gasteiger partial charge in [0.25, 0.3) is 0 Å². The summed E-state index contributed by atoms with van der Waals surface area (Å²) in [5.74, 6) is 2.05. The minimum absolute atomic E-state index is 0.656. The average Bonchev–Trinajstić information content (AvgIpc) is 3.18. The third kappa shape index (κ3) is 2.80. The van der Waals surface area contributed by atoms with Gasteiger partial charge in [0.05, 0.1) is 25.9 Å². The summed E-state index contributed by atoms with van der Waals surface area (Å²) in [4.78, 5) is 5.98. The van der Waals surface area contributed by atoms with Gasteiger partial charge >= 0.3 is 0 Å². The van der Waals surface area contributed by atoms with Gasteiger partial charge in [0, 0.05) is 27.4 Å². The molecule has 4 aromatic rings. The topological polar surface area (TPSA) is 72.1 Å². The van der Waals surface area contributed by atoms with E-state index in [2.05, 4.69) is 33.9 Å². The number of thioether (sulfide) groups is 1. The lowest BCUT2D eigenvalue weighted by atomic mass is 10.1. The second-order valence-corrected chi connectivity index (χ2v) is 6.58. The standard InChI is InChI=1S/C19H18N4O2S/c1-24-16-7-4-11(8-17(16)25-2)21-19-18-14(10-20-23-18)13-9-12(26-3)5-6-15(13)22-19/h4-10H,1-3H3,(H,20,23)(H,21,22). The molecule has 2 heterocycles. The Balaban J connectivity index is 1.82. The summed E-state index contributed by atoms with van der Waals surface area (Å²) in [5, 5.41) is 12.7. The molecule has 0 atom stereocenters. The number of rotatable bonds is 5. The molecule has 2 aromatic carbocycles. The van der Waals surface area contributed by atoms with Crippen molar-refractivity contribution < 1.29 is 9.47 Å². The van der Waals surface area contributed by atoms with E-state index in [0.717, 1.165) is 27.5 Å².